The Balaban J connectivity index is 2.15. The molecule has 13 heteroatoms. The summed E-state index contributed by atoms with van der Waals surface area (Å²) in [5.74, 6) is -3.54. The Morgan fingerprint density at radius 3 is 2.23 bits per heavy atom. The number of benzene rings is 1. The van der Waals surface area contributed by atoms with Gasteiger partial charge in [-0.1, -0.05) is 30.3 Å². The van der Waals surface area contributed by atoms with E-state index in [-0.39, 0.29) is 18.6 Å². The van der Waals surface area contributed by atoms with Crippen LogP contribution in [-0.2, 0) is 32.0 Å². The number of aliphatic hydroxyl groups is 1. The molecule has 1 aromatic carbocycles. The first-order chi connectivity index (χ1) is 16.6. The molecule has 1 heterocycles. The quantitative estimate of drug-likeness (QED) is 0.148. The van der Waals surface area contributed by atoms with Crippen molar-refractivity contribution in [2.45, 2.75) is 50.0 Å². The van der Waals surface area contributed by atoms with Crippen LogP contribution in [0.3, 0.4) is 0 Å². The Bertz CT molecular complexity index is 988. The van der Waals surface area contributed by atoms with Crippen molar-refractivity contribution in [3.63, 3.8) is 0 Å². The number of hydrogen-bond donors (Lipinski definition) is 8. The monoisotopic (exact) mass is 506 g/mol. The summed E-state index contributed by atoms with van der Waals surface area (Å²) in [5, 5.41) is 27.0. The Kier molecular flexibility index (Phi) is 10.7. The van der Waals surface area contributed by atoms with Crippen LogP contribution in [0.4, 0.5) is 0 Å². The van der Waals surface area contributed by atoms with Crippen molar-refractivity contribution in [2.75, 3.05) is 5.75 Å². The molecule has 0 saturated carbocycles. The number of carbonyl (C=O) groups excluding carboxylic acids is 3. The molecule has 0 aliphatic rings. The van der Waals surface area contributed by atoms with Gasteiger partial charge in [0.05, 0.1) is 18.5 Å². The molecular weight excluding hydrogens is 476 g/mol. The number of nitrogens with one attached hydrogen (secondary N) is 4. The first-order valence-corrected chi connectivity index (χ1v) is 11.4. The Morgan fingerprint density at radius 2 is 1.69 bits per heavy atom. The first kappa shape index (κ1) is 27.8. The molecule has 0 fully saturated rings. The number of carboxylic acids is 1. The van der Waals surface area contributed by atoms with Crippen molar-refractivity contribution in [3.05, 3.63) is 54.1 Å². The number of nitrogens with zero attached hydrogens (tertiary/aromatic N) is 1. The summed E-state index contributed by atoms with van der Waals surface area (Å²) in [5.41, 5.74) is 6.89. The number of amides is 3. The van der Waals surface area contributed by atoms with Gasteiger partial charge in [-0.2, -0.15) is 12.6 Å². The maximum absolute atomic E-state index is 13.0. The number of aliphatic hydroxyl groups excluding tert-OH is 1. The minimum absolute atomic E-state index is 0.00249. The topological polar surface area (TPSA) is 200 Å². The molecule has 0 bridgehead atoms. The summed E-state index contributed by atoms with van der Waals surface area (Å²) in [6, 6.07) is 3.77. The van der Waals surface area contributed by atoms with Gasteiger partial charge in [-0.05, 0) is 12.5 Å². The van der Waals surface area contributed by atoms with E-state index in [2.05, 4.69) is 38.5 Å². The predicted octanol–water partition coefficient (Wildman–Crippen LogP) is -1.63. The van der Waals surface area contributed by atoms with Gasteiger partial charge in [-0.25, -0.2) is 9.78 Å². The second-order valence-corrected chi connectivity index (χ2v) is 8.31. The fourth-order valence-corrected chi connectivity index (χ4v) is 3.32. The van der Waals surface area contributed by atoms with Crippen LogP contribution >= 0.6 is 12.6 Å². The average Bonchev–Trinajstić information content (AvgIpc) is 3.34. The Hall–Kier alpha value is -3.42. The van der Waals surface area contributed by atoms with Crippen LogP contribution < -0.4 is 21.7 Å². The van der Waals surface area contributed by atoms with E-state index in [0.29, 0.717) is 11.3 Å². The predicted molar refractivity (Wildman–Crippen MR) is 129 cm³/mol. The smallest absolute Gasteiger partial charge is 0.326 e. The standard InChI is InChI=1S/C22H30N6O6S/c1-12(29)18(21(32)27-17(22(33)34)7-13-5-3-2-4-6-13)28-20(31)16(8-14-9-24-11-25-14)26-19(30)15(23)10-35/h2-6,9,11-12,15-18,29,35H,7-8,10,23H2,1H3,(H,24,25)(H,26,30)(H,27,32)(H,28,31)(H,33,34). The fourth-order valence-electron chi connectivity index (χ4n) is 3.16. The third-order valence-corrected chi connectivity index (χ3v) is 5.50. The van der Waals surface area contributed by atoms with Crippen LogP contribution in [0.2, 0.25) is 0 Å². The zero-order valence-electron chi connectivity index (χ0n) is 19.0. The van der Waals surface area contributed by atoms with Crippen LogP contribution in [-0.4, -0.2) is 79.9 Å². The van der Waals surface area contributed by atoms with E-state index in [9.17, 15) is 29.4 Å². The SMILES string of the molecule is CC(O)C(NC(=O)C(Cc1cnc[nH]1)NC(=O)C(N)CS)C(=O)NC(Cc1ccccc1)C(=O)O. The molecule has 12 nitrogen and oxygen atoms in total. The summed E-state index contributed by atoms with van der Waals surface area (Å²) in [6.07, 6.45) is 1.49. The van der Waals surface area contributed by atoms with E-state index in [1.165, 1.54) is 19.4 Å². The molecule has 0 spiro atoms. The zero-order chi connectivity index (χ0) is 26.0. The number of aromatic amines is 1. The second kappa shape index (κ2) is 13.5. The number of carbonyl (C=O) groups is 4. The maximum atomic E-state index is 13.0. The van der Waals surface area contributed by atoms with Crippen molar-refractivity contribution in [2.24, 2.45) is 5.73 Å². The third-order valence-electron chi connectivity index (χ3n) is 5.11. The van der Waals surface area contributed by atoms with Crippen LogP contribution in [0.5, 0.6) is 0 Å². The molecule has 0 radical (unpaired) electrons. The molecule has 8 N–H and O–H groups in total. The number of imidazole rings is 1. The number of aromatic nitrogens is 2. The molecule has 2 rings (SSSR count). The lowest BCUT2D eigenvalue weighted by Crippen LogP contribution is -2.60. The maximum Gasteiger partial charge on any atom is 0.326 e. The second-order valence-electron chi connectivity index (χ2n) is 7.95. The van der Waals surface area contributed by atoms with Gasteiger partial charge in [0, 0.05) is 30.5 Å². The lowest BCUT2D eigenvalue weighted by Gasteiger charge is -2.26. The van der Waals surface area contributed by atoms with Gasteiger partial charge in [0.25, 0.3) is 0 Å². The van der Waals surface area contributed by atoms with Crippen LogP contribution in [0.15, 0.2) is 42.9 Å². The largest absolute Gasteiger partial charge is 0.480 e. The van der Waals surface area contributed by atoms with E-state index in [1.807, 2.05) is 0 Å². The molecule has 5 atom stereocenters. The van der Waals surface area contributed by atoms with Crippen molar-refractivity contribution < 1.29 is 29.4 Å². The minimum atomic E-state index is -1.49. The van der Waals surface area contributed by atoms with Gasteiger partial charge < -0.3 is 36.9 Å². The van der Waals surface area contributed by atoms with E-state index in [4.69, 9.17) is 5.73 Å². The molecule has 2 aromatic rings. The molecular formula is C22H30N6O6S. The highest BCUT2D eigenvalue weighted by molar-refractivity contribution is 7.80. The number of H-pyrrole nitrogens is 1. The highest BCUT2D eigenvalue weighted by Gasteiger charge is 2.33. The lowest BCUT2D eigenvalue weighted by atomic mass is 10.0. The highest BCUT2D eigenvalue weighted by atomic mass is 32.1. The summed E-state index contributed by atoms with van der Waals surface area (Å²) >= 11 is 3.97. The van der Waals surface area contributed by atoms with Gasteiger partial charge >= 0.3 is 5.97 Å². The van der Waals surface area contributed by atoms with Gasteiger partial charge in [0.15, 0.2) is 0 Å². The molecule has 5 unspecified atom stereocenters. The number of rotatable bonds is 13. The third kappa shape index (κ3) is 8.70. The van der Waals surface area contributed by atoms with Crippen molar-refractivity contribution in [3.8, 4) is 0 Å². The van der Waals surface area contributed by atoms with Crippen molar-refractivity contribution in [1.29, 1.82) is 0 Å². The number of aliphatic carboxylic acids is 1. The number of nitrogens with two attached hydrogens (primary N) is 1. The number of carboxylic acid groups (broad SMARTS) is 1. The molecule has 1 aromatic heterocycles. The molecule has 190 valence electrons. The molecule has 35 heavy (non-hydrogen) atoms. The van der Waals surface area contributed by atoms with Gasteiger partial charge in [-0.3, -0.25) is 14.4 Å². The molecule has 3 amide bonds. The van der Waals surface area contributed by atoms with E-state index < -0.39 is 54.0 Å². The Morgan fingerprint density at radius 1 is 1.03 bits per heavy atom. The summed E-state index contributed by atoms with van der Waals surface area (Å²) in [4.78, 5) is 56.6. The van der Waals surface area contributed by atoms with Gasteiger partial charge in [0.2, 0.25) is 17.7 Å². The van der Waals surface area contributed by atoms with Gasteiger partial charge in [0.1, 0.15) is 18.1 Å². The molecule has 0 aliphatic carbocycles. The summed E-state index contributed by atoms with van der Waals surface area (Å²) < 4.78 is 0. The normalized spacial score (nSPS) is 15.2. The van der Waals surface area contributed by atoms with Crippen molar-refractivity contribution >= 4 is 36.3 Å². The highest BCUT2D eigenvalue weighted by Crippen LogP contribution is 2.06. The van der Waals surface area contributed by atoms with Crippen LogP contribution in [0.1, 0.15) is 18.2 Å². The summed E-state index contributed by atoms with van der Waals surface area (Å²) in [6.45, 7) is 1.27. The lowest BCUT2D eigenvalue weighted by molar-refractivity contribution is -0.143. The number of hydrogen-bond acceptors (Lipinski definition) is 8. The minimum Gasteiger partial charge on any atom is -0.480 e. The van der Waals surface area contributed by atoms with Gasteiger partial charge in [-0.15, -0.1) is 0 Å². The van der Waals surface area contributed by atoms with E-state index in [1.54, 1.807) is 30.3 Å². The molecule has 0 saturated heterocycles. The molecule has 0 aliphatic heterocycles. The van der Waals surface area contributed by atoms with Crippen molar-refractivity contribution in [1.82, 2.24) is 25.9 Å². The zero-order valence-corrected chi connectivity index (χ0v) is 19.9. The van der Waals surface area contributed by atoms with E-state index in [0.717, 1.165) is 0 Å². The van der Waals surface area contributed by atoms with Crippen LogP contribution in [0.25, 0.3) is 0 Å². The Labute approximate surface area is 207 Å². The first-order valence-electron chi connectivity index (χ1n) is 10.8. The number of thiol groups is 1. The fraction of sp³-hybridized carbons (Fsp3) is 0.409. The average molecular weight is 507 g/mol. The summed E-state index contributed by atoms with van der Waals surface area (Å²) in [7, 11) is 0. The van der Waals surface area contributed by atoms with E-state index >= 15 is 0 Å². The van der Waals surface area contributed by atoms with Crippen LogP contribution in [0, 0.1) is 0 Å².